The Morgan fingerprint density at radius 2 is 2.27 bits per heavy atom. The second-order valence-electron chi connectivity index (χ2n) is 2.10. The Kier molecular flexibility index (Phi) is 5.47. The van der Waals surface area contributed by atoms with Crippen LogP contribution in [0.4, 0.5) is 0 Å². The third kappa shape index (κ3) is 4.35. The SMILES string of the molecule is C=CCOP(=O)(CCC)OC. The molecule has 4 heteroatoms. The molecular formula is C7H15O3P. The molecule has 0 fully saturated rings. The lowest BCUT2D eigenvalue weighted by Gasteiger charge is -2.13. The van der Waals surface area contributed by atoms with E-state index in [9.17, 15) is 4.57 Å². The first-order valence-electron chi connectivity index (χ1n) is 3.58. The lowest BCUT2D eigenvalue weighted by Crippen LogP contribution is -1.96. The Morgan fingerprint density at radius 1 is 1.64 bits per heavy atom. The molecule has 66 valence electrons. The van der Waals surface area contributed by atoms with Gasteiger partial charge in [0.2, 0.25) is 0 Å². The topological polar surface area (TPSA) is 35.5 Å². The summed E-state index contributed by atoms with van der Waals surface area (Å²) in [7, 11) is -1.39. The minimum Gasteiger partial charge on any atom is -0.312 e. The standard InChI is InChI=1S/C7H15O3P/c1-4-6-10-11(8,9-3)7-5-2/h4H,1,5-7H2,2-3H3. The molecule has 1 unspecified atom stereocenters. The van der Waals surface area contributed by atoms with E-state index < -0.39 is 7.60 Å². The van der Waals surface area contributed by atoms with Crippen LogP contribution < -0.4 is 0 Å². The maximum absolute atomic E-state index is 11.4. The first kappa shape index (κ1) is 10.9. The quantitative estimate of drug-likeness (QED) is 0.463. The fraction of sp³-hybridized carbons (Fsp3) is 0.714. The molecule has 0 saturated heterocycles. The highest BCUT2D eigenvalue weighted by atomic mass is 31.2. The molecule has 0 spiro atoms. The number of rotatable bonds is 6. The van der Waals surface area contributed by atoms with E-state index in [0.29, 0.717) is 6.16 Å². The van der Waals surface area contributed by atoms with Crippen LogP contribution in [0.1, 0.15) is 13.3 Å². The van der Waals surface area contributed by atoms with Gasteiger partial charge in [-0.25, -0.2) is 0 Å². The van der Waals surface area contributed by atoms with Crippen molar-refractivity contribution in [2.45, 2.75) is 13.3 Å². The van der Waals surface area contributed by atoms with Crippen molar-refractivity contribution in [2.75, 3.05) is 19.9 Å². The van der Waals surface area contributed by atoms with Gasteiger partial charge in [0.1, 0.15) is 0 Å². The highest BCUT2D eigenvalue weighted by Crippen LogP contribution is 2.47. The van der Waals surface area contributed by atoms with Crippen LogP contribution in [-0.2, 0) is 13.6 Å². The molecule has 0 rings (SSSR count). The maximum Gasteiger partial charge on any atom is 0.330 e. The van der Waals surface area contributed by atoms with Gasteiger partial charge in [-0.05, 0) is 6.42 Å². The van der Waals surface area contributed by atoms with Crippen molar-refractivity contribution >= 4 is 7.60 Å². The molecule has 0 aromatic rings. The van der Waals surface area contributed by atoms with E-state index in [-0.39, 0.29) is 6.61 Å². The fourth-order valence-corrected chi connectivity index (χ4v) is 1.95. The van der Waals surface area contributed by atoms with Crippen molar-refractivity contribution in [3.05, 3.63) is 12.7 Å². The molecule has 0 radical (unpaired) electrons. The zero-order valence-corrected chi connectivity index (χ0v) is 7.97. The largest absolute Gasteiger partial charge is 0.330 e. The van der Waals surface area contributed by atoms with Gasteiger partial charge in [0.15, 0.2) is 0 Å². The average molecular weight is 178 g/mol. The summed E-state index contributed by atoms with van der Waals surface area (Å²) < 4.78 is 21.2. The summed E-state index contributed by atoms with van der Waals surface area (Å²) in [4.78, 5) is 0. The smallest absolute Gasteiger partial charge is 0.312 e. The van der Waals surface area contributed by atoms with Gasteiger partial charge in [-0.3, -0.25) is 4.57 Å². The van der Waals surface area contributed by atoms with Gasteiger partial charge in [-0.2, -0.15) is 0 Å². The predicted octanol–water partition coefficient (Wildman–Crippen LogP) is 2.44. The molecule has 0 amide bonds. The van der Waals surface area contributed by atoms with E-state index in [4.69, 9.17) is 9.05 Å². The maximum atomic E-state index is 11.4. The predicted molar refractivity (Wildman–Crippen MR) is 45.9 cm³/mol. The third-order valence-electron chi connectivity index (χ3n) is 1.16. The minimum atomic E-state index is -2.79. The van der Waals surface area contributed by atoms with Crippen molar-refractivity contribution in [3.63, 3.8) is 0 Å². The Hall–Kier alpha value is -0.110. The zero-order valence-electron chi connectivity index (χ0n) is 7.08. The Bertz CT molecular complexity index is 156. The normalized spacial score (nSPS) is 15.8. The summed E-state index contributed by atoms with van der Waals surface area (Å²) >= 11 is 0. The fourth-order valence-electron chi connectivity index (χ4n) is 0.649. The van der Waals surface area contributed by atoms with E-state index in [0.717, 1.165) is 6.42 Å². The average Bonchev–Trinajstić information content (AvgIpc) is 2.02. The second kappa shape index (κ2) is 5.53. The molecule has 0 heterocycles. The van der Waals surface area contributed by atoms with Crippen molar-refractivity contribution < 1.29 is 13.6 Å². The molecule has 0 aliphatic heterocycles. The van der Waals surface area contributed by atoms with Gasteiger partial charge in [0.25, 0.3) is 0 Å². The lowest BCUT2D eigenvalue weighted by atomic mass is 10.6. The van der Waals surface area contributed by atoms with Crippen LogP contribution in [0.15, 0.2) is 12.7 Å². The van der Waals surface area contributed by atoms with Crippen LogP contribution in [0.2, 0.25) is 0 Å². The first-order chi connectivity index (χ1) is 5.18. The van der Waals surface area contributed by atoms with Crippen molar-refractivity contribution in [1.82, 2.24) is 0 Å². The molecule has 3 nitrogen and oxygen atoms in total. The van der Waals surface area contributed by atoms with E-state index in [1.165, 1.54) is 7.11 Å². The minimum absolute atomic E-state index is 0.283. The van der Waals surface area contributed by atoms with E-state index in [1.54, 1.807) is 6.08 Å². The molecule has 0 N–H and O–H groups in total. The number of hydrogen-bond acceptors (Lipinski definition) is 3. The summed E-state index contributed by atoms with van der Waals surface area (Å²) in [5, 5.41) is 0. The van der Waals surface area contributed by atoms with Crippen LogP contribution >= 0.6 is 7.60 Å². The molecule has 0 aliphatic rings. The van der Waals surface area contributed by atoms with Gasteiger partial charge >= 0.3 is 7.60 Å². The van der Waals surface area contributed by atoms with Crippen molar-refractivity contribution in [1.29, 1.82) is 0 Å². The van der Waals surface area contributed by atoms with Gasteiger partial charge in [-0.15, -0.1) is 6.58 Å². The van der Waals surface area contributed by atoms with Crippen LogP contribution in [0.5, 0.6) is 0 Å². The summed E-state index contributed by atoms with van der Waals surface area (Å²) in [6.45, 7) is 5.67. The Morgan fingerprint density at radius 3 is 2.64 bits per heavy atom. The molecular weight excluding hydrogens is 163 g/mol. The second-order valence-corrected chi connectivity index (χ2v) is 4.39. The van der Waals surface area contributed by atoms with Crippen molar-refractivity contribution in [2.24, 2.45) is 0 Å². The van der Waals surface area contributed by atoms with Crippen LogP contribution in [0.3, 0.4) is 0 Å². The Balaban J connectivity index is 3.88. The molecule has 1 atom stereocenters. The molecule has 0 bridgehead atoms. The number of hydrogen-bond donors (Lipinski definition) is 0. The zero-order chi connectivity index (χ0) is 8.74. The van der Waals surface area contributed by atoms with Gasteiger partial charge in [-0.1, -0.05) is 13.0 Å². The van der Waals surface area contributed by atoms with E-state index in [2.05, 4.69) is 6.58 Å². The summed E-state index contributed by atoms with van der Waals surface area (Å²) in [5.74, 6) is 0. The highest BCUT2D eigenvalue weighted by molar-refractivity contribution is 7.53. The first-order valence-corrected chi connectivity index (χ1v) is 5.31. The van der Waals surface area contributed by atoms with Crippen molar-refractivity contribution in [3.8, 4) is 0 Å². The van der Waals surface area contributed by atoms with E-state index in [1.807, 2.05) is 6.92 Å². The lowest BCUT2D eigenvalue weighted by molar-refractivity contribution is 0.254. The van der Waals surface area contributed by atoms with Crippen LogP contribution in [0, 0.1) is 0 Å². The van der Waals surface area contributed by atoms with Gasteiger partial charge in [0, 0.05) is 13.3 Å². The summed E-state index contributed by atoms with van der Waals surface area (Å²) in [5.41, 5.74) is 0. The summed E-state index contributed by atoms with van der Waals surface area (Å²) in [6, 6.07) is 0. The third-order valence-corrected chi connectivity index (χ3v) is 3.26. The molecule has 0 aliphatic carbocycles. The molecule has 0 aromatic carbocycles. The molecule has 0 aromatic heterocycles. The Labute approximate surface area is 67.9 Å². The summed E-state index contributed by atoms with van der Waals surface area (Å²) in [6.07, 6.45) is 2.82. The molecule has 11 heavy (non-hydrogen) atoms. The van der Waals surface area contributed by atoms with Crippen LogP contribution in [-0.4, -0.2) is 19.9 Å². The molecule has 0 saturated carbocycles. The van der Waals surface area contributed by atoms with Crippen LogP contribution in [0.25, 0.3) is 0 Å². The van der Waals surface area contributed by atoms with Gasteiger partial charge < -0.3 is 9.05 Å². The van der Waals surface area contributed by atoms with E-state index >= 15 is 0 Å². The monoisotopic (exact) mass is 178 g/mol. The van der Waals surface area contributed by atoms with Gasteiger partial charge in [0.05, 0.1) is 6.61 Å². The highest BCUT2D eigenvalue weighted by Gasteiger charge is 2.19.